The van der Waals surface area contributed by atoms with Crippen LogP contribution >= 0.6 is 0 Å². The number of aliphatic imine (C=N–C) groups is 2. The minimum absolute atomic E-state index is 0.951. The number of nitrogens with zero attached hydrogens (tertiary/aromatic N) is 2. The lowest BCUT2D eigenvalue weighted by molar-refractivity contribution is 1.44. The zero-order valence-electron chi connectivity index (χ0n) is 21.6. The molecule has 6 rings (SSSR count). The maximum absolute atomic E-state index is 4.80. The molecule has 2 aromatic carbocycles. The van der Waals surface area contributed by atoms with Crippen molar-refractivity contribution < 1.29 is 0 Å². The van der Waals surface area contributed by atoms with E-state index < -0.39 is 0 Å². The van der Waals surface area contributed by atoms with Crippen molar-refractivity contribution in [3.8, 4) is 33.4 Å². The van der Waals surface area contributed by atoms with E-state index in [9.17, 15) is 0 Å². The molecule has 2 aromatic rings. The zero-order chi connectivity index (χ0) is 25.9. The van der Waals surface area contributed by atoms with Crippen molar-refractivity contribution in [3.63, 3.8) is 0 Å². The summed E-state index contributed by atoms with van der Waals surface area (Å²) in [5.41, 5.74) is 13.8. The molecule has 0 fully saturated rings. The summed E-state index contributed by atoms with van der Waals surface area (Å²) in [6.45, 7) is 4.18. The summed E-state index contributed by atoms with van der Waals surface area (Å²) >= 11 is 0. The van der Waals surface area contributed by atoms with Gasteiger partial charge in [-0.05, 0) is 83.6 Å². The first-order valence-corrected chi connectivity index (χ1v) is 12.9. The van der Waals surface area contributed by atoms with Crippen LogP contribution in [0.2, 0.25) is 0 Å². The zero-order valence-corrected chi connectivity index (χ0v) is 21.6. The molecule has 0 heterocycles. The molecule has 0 N–H and O–H groups in total. The highest BCUT2D eigenvalue weighted by Crippen LogP contribution is 2.45. The molecule has 0 aromatic heterocycles. The minimum atomic E-state index is 0.951. The Bertz CT molecular complexity index is 1580. The lowest BCUT2D eigenvalue weighted by Gasteiger charge is -2.03. The molecule has 0 unspecified atom stereocenters. The van der Waals surface area contributed by atoms with Crippen LogP contribution in [-0.2, 0) is 0 Å². The molecule has 0 bridgehead atoms. The Morgan fingerprint density at radius 2 is 0.763 bits per heavy atom. The summed E-state index contributed by atoms with van der Waals surface area (Å²) in [4.78, 5) is 9.59. The third-order valence-corrected chi connectivity index (χ3v) is 6.94. The van der Waals surface area contributed by atoms with Crippen LogP contribution in [0.4, 0.5) is 11.4 Å². The lowest BCUT2D eigenvalue weighted by Crippen LogP contribution is -1.79. The number of hydrogen-bond acceptors (Lipinski definition) is 2. The highest BCUT2D eigenvalue weighted by atomic mass is 14.7. The number of aryl methyl sites for hydroxylation is 2. The fourth-order valence-corrected chi connectivity index (χ4v) is 4.90. The van der Waals surface area contributed by atoms with Crippen molar-refractivity contribution in [2.24, 2.45) is 9.98 Å². The van der Waals surface area contributed by atoms with E-state index in [4.69, 9.17) is 9.98 Å². The van der Waals surface area contributed by atoms with E-state index in [0.29, 0.717) is 0 Å². The largest absolute Gasteiger partial charge is 0.256 e. The maximum atomic E-state index is 4.80. The van der Waals surface area contributed by atoms with Gasteiger partial charge >= 0.3 is 0 Å². The Morgan fingerprint density at radius 1 is 0.395 bits per heavy atom. The quantitative estimate of drug-likeness (QED) is 0.216. The number of hydrogen-bond donors (Lipinski definition) is 0. The van der Waals surface area contributed by atoms with Gasteiger partial charge in [-0.25, -0.2) is 0 Å². The molecule has 0 spiro atoms. The average Bonchev–Trinajstić information content (AvgIpc) is 3.19. The Hall–Kier alpha value is -4.82. The Kier molecular flexibility index (Phi) is 6.37. The SMILES string of the molecule is Cc1ccc(N=Cc2cc(-c3cc(C=Nc4ccc(C)cc4)c4cccccc3-4)c3cccccc2-3)cc1. The van der Waals surface area contributed by atoms with Crippen LogP contribution in [0.15, 0.2) is 131 Å². The van der Waals surface area contributed by atoms with Crippen LogP contribution in [0.1, 0.15) is 22.3 Å². The molecule has 38 heavy (non-hydrogen) atoms. The highest BCUT2D eigenvalue weighted by Gasteiger charge is 2.21. The van der Waals surface area contributed by atoms with Gasteiger partial charge in [0, 0.05) is 23.6 Å². The molecule has 0 radical (unpaired) electrons. The third kappa shape index (κ3) is 4.77. The van der Waals surface area contributed by atoms with E-state index in [0.717, 1.165) is 22.5 Å². The monoisotopic (exact) mass is 488 g/mol. The van der Waals surface area contributed by atoms with Gasteiger partial charge in [0.05, 0.1) is 11.4 Å². The van der Waals surface area contributed by atoms with Crippen molar-refractivity contribution in [1.29, 1.82) is 0 Å². The average molecular weight is 489 g/mol. The first-order valence-electron chi connectivity index (χ1n) is 12.9. The standard InChI is InChI=1S/C36H28N2/c1-25-13-17-29(18-14-25)37-23-27-21-35(33-11-7-3-5-9-31(27)33)36-22-28(32-10-6-4-8-12-34(32)36)24-38-30-19-15-26(2)16-20-30/h3-24H,1-2H3. The molecule has 0 saturated carbocycles. The number of fused-ring (bicyclic) bond motifs is 2. The third-order valence-electron chi connectivity index (χ3n) is 6.94. The van der Waals surface area contributed by atoms with Gasteiger partial charge in [0.2, 0.25) is 0 Å². The van der Waals surface area contributed by atoms with Gasteiger partial charge in [0.1, 0.15) is 0 Å². The smallest absolute Gasteiger partial charge is 0.0630 e. The van der Waals surface area contributed by atoms with E-state index in [1.165, 1.54) is 44.5 Å². The molecule has 0 saturated heterocycles. The molecule has 0 atom stereocenters. The summed E-state index contributed by atoms with van der Waals surface area (Å²) in [5, 5.41) is 0. The first-order chi connectivity index (χ1) is 18.7. The molecule has 4 aliphatic carbocycles. The fraction of sp³-hybridized carbons (Fsp3) is 0.0556. The van der Waals surface area contributed by atoms with E-state index >= 15 is 0 Å². The maximum Gasteiger partial charge on any atom is 0.0630 e. The normalized spacial score (nSPS) is 11.7. The molecule has 2 nitrogen and oxygen atoms in total. The van der Waals surface area contributed by atoms with Crippen LogP contribution in [0.3, 0.4) is 0 Å². The second-order valence-electron chi connectivity index (χ2n) is 9.69. The van der Waals surface area contributed by atoms with Crippen LogP contribution in [0, 0.1) is 13.8 Å². The summed E-state index contributed by atoms with van der Waals surface area (Å²) in [5.74, 6) is 0. The number of rotatable bonds is 5. The fourth-order valence-electron chi connectivity index (χ4n) is 4.90. The van der Waals surface area contributed by atoms with Gasteiger partial charge < -0.3 is 0 Å². The minimum Gasteiger partial charge on any atom is -0.256 e. The van der Waals surface area contributed by atoms with Crippen molar-refractivity contribution in [1.82, 2.24) is 0 Å². The summed E-state index contributed by atoms with van der Waals surface area (Å²) in [7, 11) is 0. The molecule has 0 aliphatic heterocycles. The van der Waals surface area contributed by atoms with E-state index in [2.05, 4.69) is 135 Å². The van der Waals surface area contributed by atoms with Crippen molar-refractivity contribution in [2.45, 2.75) is 13.8 Å². The lowest BCUT2D eigenvalue weighted by atomic mass is 10.00. The molecule has 2 heteroatoms. The van der Waals surface area contributed by atoms with Crippen LogP contribution < -0.4 is 0 Å². The molecular weight excluding hydrogens is 460 g/mol. The van der Waals surface area contributed by atoms with Crippen molar-refractivity contribution in [2.75, 3.05) is 0 Å². The van der Waals surface area contributed by atoms with E-state index in [1.54, 1.807) is 0 Å². The molecule has 182 valence electrons. The number of benzene rings is 2. The van der Waals surface area contributed by atoms with Gasteiger partial charge in [-0.1, -0.05) is 96.1 Å². The molecular formula is C36H28N2. The van der Waals surface area contributed by atoms with Crippen LogP contribution in [0.25, 0.3) is 33.4 Å². The van der Waals surface area contributed by atoms with Gasteiger partial charge in [-0.2, -0.15) is 0 Å². The predicted molar refractivity (Wildman–Crippen MR) is 162 cm³/mol. The van der Waals surface area contributed by atoms with Crippen LogP contribution in [0.5, 0.6) is 0 Å². The van der Waals surface area contributed by atoms with Crippen molar-refractivity contribution >= 4 is 23.8 Å². The van der Waals surface area contributed by atoms with Gasteiger partial charge in [0.25, 0.3) is 0 Å². The van der Waals surface area contributed by atoms with Gasteiger partial charge in [-0.3, -0.25) is 9.98 Å². The van der Waals surface area contributed by atoms with E-state index in [-0.39, 0.29) is 0 Å². The Labute approximate surface area is 224 Å². The summed E-state index contributed by atoms with van der Waals surface area (Å²) in [6.07, 6.45) is 3.97. The highest BCUT2D eigenvalue weighted by molar-refractivity contribution is 6.07. The van der Waals surface area contributed by atoms with Crippen LogP contribution in [-0.4, -0.2) is 12.4 Å². The topological polar surface area (TPSA) is 24.7 Å². The van der Waals surface area contributed by atoms with Gasteiger partial charge in [0.15, 0.2) is 0 Å². The van der Waals surface area contributed by atoms with Gasteiger partial charge in [-0.15, -0.1) is 0 Å². The summed E-state index contributed by atoms with van der Waals surface area (Å²) in [6, 6.07) is 42.5. The van der Waals surface area contributed by atoms with E-state index in [1.807, 2.05) is 12.4 Å². The second-order valence-corrected chi connectivity index (χ2v) is 9.69. The Balaban J connectivity index is 1.47. The van der Waals surface area contributed by atoms with Crippen molar-refractivity contribution in [3.05, 3.63) is 144 Å². The second kappa shape index (κ2) is 10.3. The molecule has 4 aliphatic rings. The first kappa shape index (κ1) is 23.6. The predicted octanol–water partition coefficient (Wildman–Crippen LogP) is 9.68. The summed E-state index contributed by atoms with van der Waals surface area (Å²) < 4.78 is 0. The Morgan fingerprint density at radius 3 is 1.16 bits per heavy atom. The molecule has 0 amide bonds.